The normalized spacial score (nSPS) is 15.8. The van der Waals surface area contributed by atoms with Crippen LogP contribution in [-0.2, 0) is 16.3 Å². The maximum atomic E-state index is 14.4. The molecule has 0 aliphatic carbocycles. The van der Waals surface area contributed by atoms with Crippen molar-refractivity contribution >= 4 is 29.5 Å². The molecule has 0 aliphatic rings. The van der Waals surface area contributed by atoms with Crippen molar-refractivity contribution in [2.75, 3.05) is 11.5 Å². The lowest BCUT2D eigenvalue weighted by atomic mass is 9.88. The Morgan fingerprint density at radius 2 is 0.667 bits per heavy atom. The van der Waals surface area contributed by atoms with Crippen LogP contribution in [0.15, 0.2) is 12.1 Å². The fraction of sp³-hybridized carbons (Fsp3) is 0.774. The molecule has 69 heavy (non-hydrogen) atoms. The van der Waals surface area contributed by atoms with Crippen LogP contribution in [0.3, 0.4) is 0 Å². The molecule has 0 unspecified atom stereocenters. The Morgan fingerprint density at radius 3 is 0.942 bits per heavy atom. The second-order valence-electron chi connectivity index (χ2n) is 13.9. The molecule has 2 nitrogen and oxygen atoms in total. The summed E-state index contributed by atoms with van der Waals surface area (Å²) in [6, 6.07) is 1.44. The minimum atomic E-state index is -8.90. The van der Waals surface area contributed by atoms with Crippen LogP contribution in [0, 0.1) is 6.92 Å². The van der Waals surface area contributed by atoms with Gasteiger partial charge >= 0.3 is 101 Å². The third-order valence-electron chi connectivity index (χ3n) is 8.88. The third kappa shape index (κ3) is 10.2. The summed E-state index contributed by atoms with van der Waals surface area (Å²) < 4.78 is 465. The number of carbonyl (C=O) groups is 1. The zero-order valence-electron chi connectivity index (χ0n) is 32.4. The first-order chi connectivity index (χ1) is 29.9. The quantitative estimate of drug-likeness (QED) is 0.0472. The Bertz CT molecular complexity index is 1970. The first-order valence-corrected chi connectivity index (χ1v) is 19.1. The molecule has 0 amide bonds. The van der Waals surface area contributed by atoms with Crippen molar-refractivity contribution in [1.29, 1.82) is 0 Å². The molecule has 38 heteroatoms. The van der Waals surface area contributed by atoms with E-state index in [1.807, 2.05) is 0 Å². The van der Waals surface area contributed by atoms with Crippen LogP contribution in [-0.4, -0.2) is 113 Å². The minimum absolute atomic E-state index is 0.200. The summed E-state index contributed by atoms with van der Waals surface area (Å²) in [5, 5.41) is 0. The molecule has 0 radical (unpaired) electrons. The highest BCUT2D eigenvalue weighted by Crippen LogP contribution is 2.66. The molecule has 1 aromatic carbocycles. The average molecular weight is 1130 g/mol. The summed E-state index contributed by atoms with van der Waals surface area (Å²) in [7, 11) is 0. The van der Waals surface area contributed by atoms with E-state index in [1.165, 1.54) is 0 Å². The summed E-state index contributed by atoms with van der Waals surface area (Å²) in [6.07, 6.45) is -21.8. The van der Waals surface area contributed by atoms with Gasteiger partial charge in [-0.05, 0) is 29.6 Å². The number of hydrogen-bond acceptors (Lipinski definition) is 4. The van der Waals surface area contributed by atoms with E-state index >= 15 is 0 Å². The first-order valence-electron chi connectivity index (χ1n) is 16.8. The largest absolute Gasteiger partial charge is 0.460 e. The second kappa shape index (κ2) is 18.8. The molecule has 0 atom stereocenters. The van der Waals surface area contributed by atoms with Gasteiger partial charge in [-0.1, -0.05) is 12.1 Å². The standard InChI is InChI=1S/C31H20F34O2S2/c1-11-7-13(9-68-5-3-16(32,33)18(36,37)20(40,41)22(44,45)24(48,49)26(52,53)28(56,57)30(60,61)62)8-14(15(11)67-12(2)66)10-69-6-4-17(34,35)19(38,39)21(42,43)23(46,47)25(50,51)27(54,55)29(58,59)31(63,64)65/h7-8H,3-6,9-10H2,1-2H3. The number of alkyl halides is 34. The van der Waals surface area contributed by atoms with E-state index in [0.717, 1.165) is 13.0 Å². The Hall–Kier alpha value is -2.99. The average Bonchev–Trinajstić information content (AvgIpc) is 3.14. The van der Waals surface area contributed by atoms with Crippen LogP contribution >= 0.6 is 23.5 Å². The number of hydrogen-bond donors (Lipinski definition) is 0. The van der Waals surface area contributed by atoms with Crippen LogP contribution in [0.25, 0.3) is 0 Å². The lowest BCUT2D eigenvalue weighted by Crippen LogP contribution is -2.74. The van der Waals surface area contributed by atoms with E-state index in [1.54, 1.807) is 0 Å². The molecule has 406 valence electrons. The van der Waals surface area contributed by atoms with Gasteiger partial charge in [0.1, 0.15) is 5.75 Å². The van der Waals surface area contributed by atoms with Crippen molar-refractivity contribution in [3.05, 3.63) is 28.8 Å². The van der Waals surface area contributed by atoms with E-state index in [2.05, 4.69) is 0 Å². The van der Waals surface area contributed by atoms with Gasteiger partial charge < -0.3 is 4.74 Å². The third-order valence-corrected chi connectivity index (χ3v) is 10.9. The van der Waals surface area contributed by atoms with Crippen LogP contribution < -0.4 is 4.74 Å². The molecule has 0 aliphatic heterocycles. The van der Waals surface area contributed by atoms with Gasteiger partial charge in [-0.3, -0.25) is 4.79 Å². The molecule has 0 fully saturated rings. The van der Waals surface area contributed by atoms with E-state index in [4.69, 9.17) is 4.74 Å². The zero-order chi connectivity index (χ0) is 55.7. The fourth-order valence-electron chi connectivity index (χ4n) is 4.89. The van der Waals surface area contributed by atoms with Gasteiger partial charge in [0.2, 0.25) is 0 Å². The van der Waals surface area contributed by atoms with Crippen LogP contribution in [0.2, 0.25) is 0 Å². The molecule has 1 rings (SSSR count). The molecular formula is C31H20F34O2S2. The first kappa shape index (κ1) is 64.0. The molecule has 0 spiro atoms. The lowest BCUT2D eigenvalue weighted by Gasteiger charge is -2.42. The highest BCUT2D eigenvalue weighted by Gasteiger charge is 2.96. The Kier molecular flexibility index (Phi) is 17.5. The van der Waals surface area contributed by atoms with Gasteiger partial charge in [0.05, 0.1) is 0 Å². The summed E-state index contributed by atoms with van der Waals surface area (Å²) in [5.41, 5.74) is -1.41. The van der Waals surface area contributed by atoms with E-state index in [9.17, 15) is 154 Å². The van der Waals surface area contributed by atoms with Gasteiger partial charge in [0.25, 0.3) is 0 Å². The van der Waals surface area contributed by atoms with E-state index < -0.39 is 154 Å². The van der Waals surface area contributed by atoms with Gasteiger partial charge in [-0.15, -0.1) is 0 Å². The molecule has 0 saturated heterocycles. The number of aryl methyl sites for hydroxylation is 1. The van der Waals surface area contributed by atoms with Crippen LogP contribution in [0.1, 0.15) is 36.5 Å². The number of ether oxygens (including phenoxy) is 1. The Morgan fingerprint density at radius 1 is 0.406 bits per heavy atom. The molecule has 0 N–H and O–H groups in total. The highest BCUT2D eigenvalue weighted by molar-refractivity contribution is 7.98. The van der Waals surface area contributed by atoms with E-state index in [0.29, 0.717) is 13.0 Å². The number of esters is 1. The molecule has 0 aromatic heterocycles. The maximum absolute atomic E-state index is 14.4. The van der Waals surface area contributed by atoms with Crippen molar-refractivity contribution in [1.82, 2.24) is 0 Å². The van der Waals surface area contributed by atoms with Gasteiger partial charge in [-0.25, -0.2) is 0 Å². The molecule has 0 bridgehead atoms. The van der Waals surface area contributed by atoms with Crippen LogP contribution in [0.4, 0.5) is 149 Å². The number of rotatable bonds is 23. The van der Waals surface area contributed by atoms with Crippen LogP contribution in [0.5, 0.6) is 5.75 Å². The van der Waals surface area contributed by atoms with Gasteiger partial charge in [-0.2, -0.15) is 173 Å². The minimum Gasteiger partial charge on any atom is -0.426 e. The predicted octanol–water partition coefficient (Wildman–Crippen LogP) is 15.2. The van der Waals surface area contributed by atoms with E-state index in [-0.39, 0.29) is 29.1 Å². The molecule has 0 saturated carbocycles. The van der Waals surface area contributed by atoms with Gasteiger partial charge in [0.15, 0.2) is 0 Å². The predicted molar refractivity (Wildman–Crippen MR) is 165 cm³/mol. The monoisotopic (exact) mass is 1130 g/mol. The second-order valence-corrected chi connectivity index (χ2v) is 16.1. The zero-order valence-corrected chi connectivity index (χ0v) is 34.0. The van der Waals surface area contributed by atoms with Crippen molar-refractivity contribution < 1.29 is 159 Å². The lowest BCUT2D eigenvalue weighted by molar-refractivity contribution is -0.461. The Labute approximate surface area is 368 Å². The van der Waals surface area contributed by atoms with Crippen molar-refractivity contribution in [2.45, 2.75) is 133 Å². The fourth-order valence-corrected chi connectivity index (χ4v) is 6.81. The molecule has 0 heterocycles. The van der Waals surface area contributed by atoms with Gasteiger partial charge in [0, 0.05) is 36.8 Å². The van der Waals surface area contributed by atoms with Crippen molar-refractivity contribution in [2.24, 2.45) is 0 Å². The number of thioether (sulfide) groups is 2. The van der Waals surface area contributed by atoms with Crippen molar-refractivity contribution in [3.63, 3.8) is 0 Å². The summed E-state index contributed by atoms with van der Waals surface area (Å²) in [5.74, 6) is -124. The summed E-state index contributed by atoms with van der Waals surface area (Å²) >= 11 is -0.463. The summed E-state index contributed by atoms with van der Waals surface area (Å²) in [6.45, 7) is 1.55. The topological polar surface area (TPSA) is 26.3 Å². The van der Waals surface area contributed by atoms with Crippen molar-refractivity contribution in [3.8, 4) is 5.75 Å². The smallest absolute Gasteiger partial charge is 0.426 e. The number of halogens is 34. The molecular weight excluding hydrogens is 1110 g/mol. The highest BCUT2D eigenvalue weighted by atomic mass is 32.2. The number of carbonyl (C=O) groups excluding carboxylic acids is 1. The number of benzene rings is 1. The Balaban J connectivity index is 3.38. The SMILES string of the molecule is CC(=O)Oc1c(C)cc(CSCCC(F)(F)C(F)(F)C(F)(F)C(F)(F)C(F)(F)C(F)(F)C(F)(F)C(F)(F)F)cc1CSCCC(F)(F)C(F)(F)C(F)(F)C(F)(F)C(F)(F)C(F)(F)C(F)(F)C(F)(F)F. The summed E-state index contributed by atoms with van der Waals surface area (Å²) in [4.78, 5) is 11.6. The maximum Gasteiger partial charge on any atom is 0.460 e. The molecule has 1 aromatic rings.